The van der Waals surface area contributed by atoms with E-state index in [4.69, 9.17) is 0 Å². The summed E-state index contributed by atoms with van der Waals surface area (Å²) in [5.41, 5.74) is 0.642. The number of hydrogen-bond donors (Lipinski definition) is 2. The van der Waals surface area contributed by atoms with Crippen LogP contribution in [-0.4, -0.2) is 56.0 Å². The van der Waals surface area contributed by atoms with Crippen molar-refractivity contribution in [2.45, 2.75) is 13.8 Å². The number of carbonyl (C=O) groups excluding carboxylic acids is 3. The van der Waals surface area contributed by atoms with E-state index >= 15 is 0 Å². The lowest BCUT2D eigenvalue weighted by Gasteiger charge is -2.22. The van der Waals surface area contributed by atoms with Gasteiger partial charge in [0.25, 0.3) is 0 Å². The molecule has 0 bridgehead atoms. The fourth-order valence-electron chi connectivity index (χ4n) is 2.16. The van der Waals surface area contributed by atoms with E-state index in [9.17, 15) is 14.4 Å². The Labute approximate surface area is 156 Å². The normalized spacial score (nSPS) is 11.7. The van der Waals surface area contributed by atoms with Crippen LogP contribution < -0.4 is 10.6 Å². The van der Waals surface area contributed by atoms with Crippen LogP contribution in [0.4, 0.5) is 5.69 Å². The molecule has 8 heteroatoms. The van der Waals surface area contributed by atoms with E-state index in [0.29, 0.717) is 18.8 Å². The molecule has 7 nitrogen and oxygen atoms in total. The molecule has 0 saturated carbocycles. The summed E-state index contributed by atoms with van der Waals surface area (Å²) in [5.74, 6) is -1.23. The van der Waals surface area contributed by atoms with Gasteiger partial charge in [-0.1, -0.05) is 26.0 Å². The Morgan fingerprint density at radius 3 is 2.52 bits per heavy atom. The SMILES string of the molecule is CCN(CC(=O)NCC(=O)Nc1ccccc1Br)CC(C)C(=O)OC. The summed E-state index contributed by atoms with van der Waals surface area (Å²) in [5, 5.41) is 5.29. The Kier molecular flexibility index (Phi) is 9.15. The fourth-order valence-corrected chi connectivity index (χ4v) is 2.55. The van der Waals surface area contributed by atoms with Crippen LogP contribution in [0, 0.1) is 5.92 Å². The van der Waals surface area contributed by atoms with Gasteiger partial charge in [-0.15, -0.1) is 0 Å². The monoisotopic (exact) mass is 413 g/mol. The quantitative estimate of drug-likeness (QED) is 0.600. The molecule has 25 heavy (non-hydrogen) atoms. The minimum atomic E-state index is -0.323. The molecule has 0 saturated heterocycles. The second-order valence-electron chi connectivity index (χ2n) is 5.56. The third-order valence-corrected chi connectivity index (χ3v) is 4.24. The average molecular weight is 414 g/mol. The van der Waals surface area contributed by atoms with Crippen molar-refractivity contribution in [3.05, 3.63) is 28.7 Å². The predicted octanol–water partition coefficient (Wildman–Crippen LogP) is 1.63. The number of halogens is 1. The molecule has 0 aromatic heterocycles. The van der Waals surface area contributed by atoms with E-state index < -0.39 is 0 Å². The third-order valence-electron chi connectivity index (χ3n) is 3.54. The summed E-state index contributed by atoms with van der Waals surface area (Å²) in [6, 6.07) is 7.23. The molecular formula is C17H24BrN3O4. The summed E-state index contributed by atoms with van der Waals surface area (Å²) in [4.78, 5) is 37.2. The lowest BCUT2D eigenvalue weighted by molar-refractivity contribution is -0.145. The van der Waals surface area contributed by atoms with E-state index in [2.05, 4.69) is 31.3 Å². The first-order valence-corrected chi connectivity index (χ1v) is 8.77. The molecule has 2 amide bonds. The van der Waals surface area contributed by atoms with Crippen LogP contribution in [0.3, 0.4) is 0 Å². The Morgan fingerprint density at radius 2 is 1.92 bits per heavy atom. The van der Waals surface area contributed by atoms with Crippen molar-refractivity contribution >= 4 is 39.4 Å². The zero-order chi connectivity index (χ0) is 18.8. The molecule has 138 valence electrons. The number of para-hydroxylation sites is 1. The molecule has 2 N–H and O–H groups in total. The summed E-state index contributed by atoms with van der Waals surface area (Å²) >= 11 is 3.34. The van der Waals surface area contributed by atoms with Crippen LogP contribution in [0.25, 0.3) is 0 Å². The van der Waals surface area contributed by atoms with Gasteiger partial charge < -0.3 is 15.4 Å². The molecule has 1 aromatic carbocycles. The van der Waals surface area contributed by atoms with Gasteiger partial charge in [-0.25, -0.2) is 0 Å². The maximum absolute atomic E-state index is 12.0. The topological polar surface area (TPSA) is 87.7 Å². The number of methoxy groups -OCH3 is 1. The highest BCUT2D eigenvalue weighted by atomic mass is 79.9. The third kappa shape index (κ3) is 7.66. The van der Waals surface area contributed by atoms with Crippen molar-refractivity contribution in [3.63, 3.8) is 0 Å². The van der Waals surface area contributed by atoms with Gasteiger partial charge in [0.05, 0.1) is 31.8 Å². The number of nitrogens with zero attached hydrogens (tertiary/aromatic N) is 1. The molecule has 0 spiro atoms. The number of carbonyl (C=O) groups is 3. The number of ether oxygens (including phenoxy) is 1. The van der Waals surface area contributed by atoms with Crippen LogP contribution in [0.1, 0.15) is 13.8 Å². The average Bonchev–Trinajstić information content (AvgIpc) is 2.60. The number of rotatable bonds is 9. The van der Waals surface area contributed by atoms with Gasteiger partial charge in [-0.2, -0.15) is 0 Å². The molecular weight excluding hydrogens is 390 g/mol. The van der Waals surface area contributed by atoms with Crippen molar-refractivity contribution in [1.82, 2.24) is 10.2 Å². The zero-order valence-electron chi connectivity index (χ0n) is 14.7. The minimum Gasteiger partial charge on any atom is -0.469 e. The van der Waals surface area contributed by atoms with Gasteiger partial charge in [0.2, 0.25) is 11.8 Å². The number of anilines is 1. The van der Waals surface area contributed by atoms with Gasteiger partial charge in [0.1, 0.15) is 0 Å². The molecule has 0 aliphatic rings. The number of likely N-dealkylation sites (N-methyl/N-ethyl adjacent to an activating group) is 1. The highest BCUT2D eigenvalue weighted by molar-refractivity contribution is 9.10. The molecule has 1 atom stereocenters. The molecule has 0 radical (unpaired) electrons. The molecule has 1 rings (SSSR count). The predicted molar refractivity (Wildman–Crippen MR) is 99.1 cm³/mol. The standard InChI is InChI=1S/C17H24BrN3O4/c1-4-21(10-12(2)17(24)25-3)11-16(23)19-9-15(22)20-14-8-6-5-7-13(14)18/h5-8,12H,4,9-11H2,1-3H3,(H,19,23)(H,20,22). The highest BCUT2D eigenvalue weighted by Crippen LogP contribution is 2.20. The number of hydrogen-bond acceptors (Lipinski definition) is 5. The molecule has 0 aliphatic carbocycles. The maximum atomic E-state index is 12.0. The van der Waals surface area contributed by atoms with Crippen molar-refractivity contribution in [1.29, 1.82) is 0 Å². The highest BCUT2D eigenvalue weighted by Gasteiger charge is 2.18. The van der Waals surface area contributed by atoms with Crippen LogP contribution in [-0.2, 0) is 19.1 Å². The second kappa shape index (κ2) is 10.8. The molecule has 0 heterocycles. The van der Waals surface area contributed by atoms with Crippen molar-refractivity contribution in [2.24, 2.45) is 5.92 Å². The summed E-state index contributed by atoms with van der Waals surface area (Å²) in [6.07, 6.45) is 0. The van der Waals surface area contributed by atoms with E-state index in [-0.39, 0.29) is 36.8 Å². The summed E-state index contributed by atoms with van der Waals surface area (Å²) < 4.78 is 5.45. The molecule has 1 unspecified atom stereocenters. The van der Waals surface area contributed by atoms with Crippen molar-refractivity contribution in [3.8, 4) is 0 Å². The van der Waals surface area contributed by atoms with Crippen LogP contribution in [0.5, 0.6) is 0 Å². The minimum absolute atomic E-state index is 0.111. The molecule has 1 aromatic rings. The van der Waals surface area contributed by atoms with Gasteiger partial charge in [0, 0.05) is 11.0 Å². The number of benzene rings is 1. The van der Waals surface area contributed by atoms with E-state index in [1.807, 2.05) is 24.0 Å². The first-order chi connectivity index (χ1) is 11.9. The van der Waals surface area contributed by atoms with Crippen LogP contribution >= 0.6 is 15.9 Å². The van der Waals surface area contributed by atoms with Crippen molar-refractivity contribution in [2.75, 3.05) is 38.6 Å². The fraction of sp³-hybridized carbons (Fsp3) is 0.471. The zero-order valence-corrected chi connectivity index (χ0v) is 16.3. The summed E-state index contributed by atoms with van der Waals surface area (Å²) in [7, 11) is 1.34. The van der Waals surface area contributed by atoms with Crippen molar-refractivity contribution < 1.29 is 19.1 Å². The van der Waals surface area contributed by atoms with Gasteiger partial charge in [-0.3, -0.25) is 19.3 Å². The van der Waals surface area contributed by atoms with Crippen LogP contribution in [0.2, 0.25) is 0 Å². The molecule has 0 aliphatic heterocycles. The largest absolute Gasteiger partial charge is 0.469 e. The van der Waals surface area contributed by atoms with Gasteiger partial charge in [-0.05, 0) is 34.6 Å². The number of esters is 1. The summed E-state index contributed by atoms with van der Waals surface area (Å²) in [6.45, 7) is 4.66. The number of nitrogens with one attached hydrogen (secondary N) is 2. The number of amides is 2. The lowest BCUT2D eigenvalue weighted by atomic mass is 10.1. The Hall–Kier alpha value is -1.93. The van der Waals surface area contributed by atoms with Gasteiger partial charge in [0.15, 0.2) is 0 Å². The van der Waals surface area contributed by atoms with Gasteiger partial charge >= 0.3 is 5.97 Å². The Bertz CT molecular complexity index is 609. The Morgan fingerprint density at radius 1 is 1.24 bits per heavy atom. The first-order valence-electron chi connectivity index (χ1n) is 7.98. The smallest absolute Gasteiger partial charge is 0.309 e. The maximum Gasteiger partial charge on any atom is 0.309 e. The Balaban J connectivity index is 2.41. The van der Waals surface area contributed by atoms with Crippen LogP contribution in [0.15, 0.2) is 28.7 Å². The second-order valence-corrected chi connectivity index (χ2v) is 6.41. The molecule has 0 fully saturated rings. The van der Waals surface area contributed by atoms with E-state index in [1.54, 1.807) is 19.1 Å². The lowest BCUT2D eigenvalue weighted by Crippen LogP contribution is -2.42. The van der Waals surface area contributed by atoms with E-state index in [0.717, 1.165) is 4.47 Å². The first kappa shape index (κ1) is 21.1. The van der Waals surface area contributed by atoms with E-state index in [1.165, 1.54) is 7.11 Å².